The van der Waals surface area contributed by atoms with E-state index in [1.54, 1.807) is 58.4 Å². The van der Waals surface area contributed by atoms with Gasteiger partial charge in [-0.3, -0.25) is 24.1 Å². The Labute approximate surface area is 290 Å². The summed E-state index contributed by atoms with van der Waals surface area (Å²) in [5.41, 5.74) is 2.50. The number of carbonyl (C=O) groups excluding carboxylic acids is 4. The van der Waals surface area contributed by atoms with Gasteiger partial charge in [-0.1, -0.05) is 48.9 Å². The molecule has 9 nitrogen and oxygen atoms in total. The molecule has 3 aromatic carbocycles. The third-order valence-electron chi connectivity index (χ3n) is 11.2. The molecule has 0 spiro atoms. The van der Waals surface area contributed by atoms with Gasteiger partial charge in [0.2, 0.25) is 11.8 Å². The van der Waals surface area contributed by atoms with E-state index in [4.69, 9.17) is 14.2 Å². The molecule has 0 radical (unpaired) electrons. The molecular weight excluding hydrogens is 634 g/mol. The van der Waals surface area contributed by atoms with Crippen LogP contribution in [0.25, 0.3) is 12.2 Å². The minimum atomic E-state index is -1.22. The first-order valence-electron chi connectivity index (χ1n) is 16.7. The highest BCUT2D eigenvalue weighted by molar-refractivity contribution is 6.22. The second-order valence-electron chi connectivity index (χ2n) is 13.7. The Balaban J connectivity index is 1.23. The van der Waals surface area contributed by atoms with E-state index in [9.17, 15) is 24.3 Å². The fourth-order valence-corrected chi connectivity index (χ4v) is 8.85. The number of ketones is 2. The normalized spacial score (nSPS) is 27.4. The number of imide groups is 1. The van der Waals surface area contributed by atoms with Crippen molar-refractivity contribution in [3.05, 3.63) is 101 Å². The highest BCUT2D eigenvalue weighted by Crippen LogP contribution is 2.64. The van der Waals surface area contributed by atoms with Gasteiger partial charge in [0, 0.05) is 23.0 Å². The maximum atomic E-state index is 14.4. The number of Topliss-reactive ketones (excluding diaryl/α,β-unsaturated/α-hetero) is 1. The first-order chi connectivity index (χ1) is 24.0. The molecule has 0 aromatic heterocycles. The number of hydrogen-bond acceptors (Lipinski definition) is 8. The smallest absolute Gasteiger partial charge is 0.238 e. The van der Waals surface area contributed by atoms with E-state index < -0.39 is 35.0 Å². The van der Waals surface area contributed by atoms with Gasteiger partial charge < -0.3 is 19.3 Å². The van der Waals surface area contributed by atoms with Gasteiger partial charge in [0.25, 0.3) is 0 Å². The molecule has 1 aliphatic heterocycles. The number of ether oxygens (including phenoxy) is 3. The zero-order valence-electron chi connectivity index (χ0n) is 28.6. The van der Waals surface area contributed by atoms with E-state index in [1.807, 2.05) is 48.6 Å². The molecule has 0 bridgehead atoms. The summed E-state index contributed by atoms with van der Waals surface area (Å²) in [5.74, 6) is -2.56. The van der Waals surface area contributed by atoms with Crippen molar-refractivity contribution in [2.24, 2.45) is 29.1 Å². The third-order valence-corrected chi connectivity index (χ3v) is 11.2. The summed E-state index contributed by atoms with van der Waals surface area (Å²) in [6.45, 7) is 3.44. The van der Waals surface area contributed by atoms with Crippen LogP contribution in [0.2, 0.25) is 0 Å². The van der Waals surface area contributed by atoms with Crippen LogP contribution in [0.1, 0.15) is 49.3 Å². The van der Waals surface area contributed by atoms with Crippen molar-refractivity contribution in [2.75, 3.05) is 26.2 Å². The van der Waals surface area contributed by atoms with Gasteiger partial charge in [0.05, 0.1) is 44.3 Å². The van der Waals surface area contributed by atoms with Crippen LogP contribution in [0.3, 0.4) is 0 Å². The molecule has 4 aliphatic rings. The van der Waals surface area contributed by atoms with Gasteiger partial charge in [0.15, 0.2) is 11.6 Å². The second kappa shape index (κ2) is 12.5. The van der Waals surface area contributed by atoms with Crippen molar-refractivity contribution in [3.8, 4) is 23.0 Å². The zero-order chi connectivity index (χ0) is 35.5. The van der Waals surface area contributed by atoms with E-state index in [-0.39, 0.29) is 35.6 Å². The van der Waals surface area contributed by atoms with Crippen LogP contribution in [0.4, 0.5) is 5.69 Å². The monoisotopic (exact) mass is 673 g/mol. The summed E-state index contributed by atoms with van der Waals surface area (Å²) in [6.07, 6.45) is 7.72. The molecule has 9 heteroatoms. The lowest BCUT2D eigenvalue weighted by Crippen LogP contribution is -2.54. The predicted molar refractivity (Wildman–Crippen MR) is 188 cm³/mol. The molecule has 0 unspecified atom stereocenters. The maximum Gasteiger partial charge on any atom is 0.238 e. The average Bonchev–Trinajstić information content (AvgIpc) is 3.38. The summed E-state index contributed by atoms with van der Waals surface area (Å²) in [6, 6.07) is 17.7. The fourth-order valence-electron chi connectivity index (χ4n) is 8.85. The first kappa shape index (κ1) is 33.1. The minimum Gasteiger partial charge on any atom is -0.508 e. The number of hydrogen-bond donors (Lipinski definition) is 1. The largest absolute Gasteiger partial charge is 0.508 e. The van der Waals surface area contributed by atoms with Crippen LogP contribution in [0.5, 0.6) is 23.0 Å². The third kappa shape index (κ3) is 4.97. The van der Waals surface area contributed by atoms with E-state index in [0.29, 0.717) is 40.5 Å². The van der Waals surface area contributed by atoms with Gasteiger partial charge >= 0.3 is 0 Å². The minimum absolute atomic E-state index is 0.0557. The summed E-state index contributed by atoms with van der Waals surface area (Å²) >= 11 is 0. The molecule has 1 heterocycles. The van der Waals surface area contributed by atoms with Gasteiger partial charge in [-0.15, -0.1) is 0 Å². The van der Waals surface area contributed by atoms with E-state index >= 15 is 0 Å². The summed E-state index contributed by atoms with van der Waals surface area (Å²) in [7, 11) is 4.70. The molecule has 7 rings (SSSR count). The predicted octanol–water partition coefficient (Wildman–Crippen LogP) is 6.55. The highest BCUT2D eigenvalue weighted by Gasteiger charge is 2.64. The van der Waals surface area contributed by atoms with Crippen molar-refractivity contribution in [1.29, 1.82) is 0 Å². The maximum absolute atomic E-state index is 14.4. The number of fused-ring (bicyclic) bond motifs is 4. The number of anilines is 1. The van der Waals surface area contributed by atoms with E-state index in [2.05, 4.69) is 0 Å². The number of methoxy groups -OCH3 is 3. The standard InChI is InChI=1S/C41H39NO8/c1-22-19-32(44)30-21-29-27(37(41(30,2)38(22)45)36-31(43)7-6-8-34(36)50-5)16-17-28-35(29)40(47)42(39(28)46)25-13-10-23(11-14-25)9-12-24-20-26(48-3)15-18-33(24)49-4/h6-16,18-20,28-30,35,37,43H,17,21H2,1-5H3/t28-,29+,30-,35-,37+,41+/m0/s1. The summed E-state index contributed by atoms with van der Waals surface area (Å²) < 4.78 is 16.5. The summed E-state index contributed by atoms with van der Waals surface area (Å²) in [4.78, 5) is 57.5. The average molecular weight is 674 g/mol. The number of amides is 2. The van der Waals surface area contributed by atoms with Crippen molar-refractivity contribution in [3.63, 3.8) is 0 Å². The van der Waals surface area contributed by atoms with E-state index in [1.165, 1.54) is 18.1 Å². The van der Waals surface area contributed by atoms with Gasteiger partial charge in [-0.25, -0.2) is 0 Å². The van der Waals surface area contributed by atoms with Crippen molar-refractivity contribution >= 4 is 41.2 Å². The fraction of sp³-hybridized carbons (Fsp3) is 0.317. The Morgan fingerprint density at radius 2 is 1.60 bits per heavy atom. The SMILES string of the molecule is COc1ccc(OC)c(C=Cc2ccc(N3C(=O)[C@H]4[C@H](CC=C5[C@H]4C[C@H]4C(=O)C=C(C)C(=O)[C@@]4(C)[C@H]5c4c(O)cccc4OC)C3=O)cc2)c1. The van der Waals surface area contributed by atoms with Crippen LogP contribution in [-0.4, -0.2) is 49.8 Å². The lowest BCUT2D eigenvalue weighted by Gasteiger charge is -2.53. The Morgan fingerprint density at radius 3 is 2.30 bits per heavy atom. The molecule has 1 saturated carbocycles. The Morgan fingerprint density at radius 1 is 0.860 bits per heavy atom. The van der Waals surface area contributed by atoms with Crippen molar-refractivity contribution in [2.45, 2.75) is 32.6 Å². The molecule has 3 aromatic rings. The summed E-state index contributed by atoms with van der Waals surface area (Å²) in [5, 5.41) is 11.3. The molecule has 50 heavy (non-hydrogen) atoms. The van der Waals surface area contributed by atoms with Crippen LogP contribution in [-0.2, 0) is 19.2 Å². The first-order valence-corrected chi connectivity index (χ1v) is 16.7. The second-order valence-corrected chi connectivity index (χ2v) is 13.7. The Bertz CT molecular complexity index is 2020. The molecular formula is C41H39NO8. The van der Waals surface area contributed by atoms with Crippen LogP contribution in [0, 0.1) is 29.1 Å². The molecule has 6 atom stereocenters. The van der Waals surface area contributed by atoms with Gasteiger partial charge in [-0.2, -0.15) is 0 Å². The Kier molecular flexibility index (Phi) is 8.25. The molecule has 256 valence electrons. The Hall–Kier alpha value is -5.44. The van der Waals surface area contributed by atoms with Crippen LogP contribution < -0.4 is 19.1 Å². The van der Waals surface area contributed by atoms with Crippen molar-refractivity contribution < 1.29 is 38.5 Å². The molecule has 1 N–H and O–H groups in total. The number of nitrogens with zero attached hydrogens (tertiary/aromatic N) is 1. The number of carbonyl (C=O) groups is 4. The number of aromatic hydroxyl groups is 1. The number of rotatable bonds is 7. The zero-order valence-corrected chi connectivity index (χ0v) is 28.6. The van der Waals surface area contributed by atoms with Crippen LogP contribution >= 0.6 is 0 Å². The molecule has 1 saturated heterocycles. The highest BCUT2D eigenvalue weighted by atomic mass is 16.5. The lowest BCUT2D eigenvalue weighted by molar-refractivity contribution is -0.141. The number of allylic oxidation sites excluding steroid dienone is 4. The quantitative estimate of drug-likeness (QED) is 0.171. The number of phenols is 1. The molecule has 2 fully saturated rings. The lowest BCUT2D eigenvalue weighted by atomic mass is 9.47. The topological polar surface area (TPSA) is 119 Å². The van der Waals surface area contributed by atoms with Crippen molar-refractivity contribution in [1.82, 2.24) is 0 Å². The number of phenolic OH excluding ortho intramolecular Hbond substituents is 1. The van der Waals surface area contributed by atoms with Gasteiger partial charge in [-0.05, 0) is 85.4 Å². The number of benzene rings is 3. The molecule has 3 aliphatic carbocycles. The van der Waals surface area contributed by atoms with E-state index in [0.717, 1.165) is 16.7 Å². The van der Waals surface area contributed by atoms with Crippen LogP contribution in [0.15, 0.2) is 84.0 Å². The molecule has 2 amide bonds. The van der Waals surface area contributed by atoms with Gasteiger partial charge in [0.1, 0.15) is 23.0 Å².